The van der Waals surface area contributed by atoms with Crippen molar-refractivity contribution in [1.29, 1.82) is 0 Å². The van der Waals surface area contributed by atoms with Crippen LogP contribution in [0.25, 0.3) is 10.2 Å². The van der Waals surface area contributed by atoms with Gasteiger partial charge in [-0.3, -0.25) is 9.78 Å². The number of fused-ring (bicyclic) bond motifs is 1. The van der Waals surface area contributed by atoms with E-state index in [0.29, 0.717) is 11.6 Å². The van der Waals surface area contributed by atoms with E-state index < -0.39 is 0 Å². The molecule has 1 atom stereocenters. The Morgan fingerprint density at radius 3 is 2.48 bits per heavy atom. The largest absolute Gasteiger partial charge is 0.388 e. The van der Waals surface area contributed by atoms with E-state index in [0.717, 1.165) is 46.7 Å². The molecule has 3 aromatic heterocycles. The van der Waals surface area contributed by atoms with Crippen molar-refractivity contribution in [1.82, 2.24) is 19.9 Å². The molecular weight excluding hydrogens is 410 g/mol. The monoisotopic (exact) mass is 443 g/mol. The van der Waals surface area contributed by atoms with Crippen molar-refractivity contribution in [2.45, 2.75) is 46.6 Å². The maximum absolute atomic E-state index is 13.0. The quantitative estimate of drug-likeness (QED) is 0.605. The summed E-state index contributed by atoms with van der Waals surface area (Å²) < 4.78 is 5.12. The van der Waals surface area contributed by atoms with Crippen LogP contribution in [-0.4, -0.2) is 53.1 Å². The highest BCUT2D eigenvalue weighted by Gasteiger charge is 2.25. The van der Waals surface area contributed by atoms with Crippen LogP contribution in [-0.2, 0) is 4.74 Å². The third-order valence-corrected chi connectivity index (χ3v) is 5.61. The number of amides is 1. The van der Waals surface area contributed by atoms with Crippen LogP contribution in [0.5, 0.6) is 0 Å². The average molecular weight is 444 g/mol. The van der Waals surface area contributed by atoms with Gasteiger partial charge in [0.1, 0.15) is 0 Å². The summed E-state index contributed by atoms with van der Waals surface area (Å²) in [7, 11) is 3.25. The lowest BCUT2D eigenvalue weighted by molar-refractivity contribution is 0.0789. The SMILES string of the molecule is CC.COC.Cc1cc2nc(N[C@@H](C)c3ccccn3)nc(C(=O)N3CCCC3)c2s1. The third kappa shape index (κ3) is 6.45. The number of rotatable bonds is 4. The number of nitrogens with zero attached hydrogens (tertiary/aromatic N) is 4. The Bertz CT molecular complexity index is 955. The van der Waals surface area contributed by atoms with Crippen molar-refractivity contribution in [3.05, 3.63) is 46.7 Å². The number of hydrogen-bond donors (Lipinski definition) is 1. The molecule has 3 aromatic rings. The molecule has 0 aliphatic carbocycles. The normalized spacial score (nSPS) is 13.7. The van der Waals surface area contributed by atoms with Crippen molar-refractivity contribution in [3.63, 3.8) is 0 Å². The lowest BCUT2D eigenvalue weighted by Crippen LogP contribution is -2.29. The summed E-state index contributed by atoms with van der Waals surface area (Å²) in [5.41, 5.74) is 2.23. The molecule has 1 amide bonds. The number of nitrogens with one attached hydrogen (secondary N) is 1. The molecule has 0 aromatic carbocycles. The molecule has 0 saturated carbocycles. The number of aromatic nitrogens is 3. The van der Waals surface area contributed by atoms with Gasteiger partial charge in [0.2, 0.25) is 5.95 Å². The molecule has 1 aliphatic heterocycles. The zero-order valence-electron chi connectivity index (χ0n) is 19.3. The van der Waals surface area contributed by atoms with Crippen molar-refractivity contribution in [3.8, 4) is 0 Å². The summed E-state index contributed by atoms with van der Waals surface area (Å²) in [4.78, 5) is 29.6. The van der Waals surface area contributed by atoms with Gasteiger partial charge in [0.15, 0.2) is 5.69 Å². The topological polar surface area (TPSA) is 80.2 Å². The van der Waals surface area contributed by atoms with E-state index >= 15 is 0 Å². The minimum absolute atomic E-state index is 0.00490. The predicted molar refractivity (Wildman–Crippen MR) is 128 cm³/mol. The van der Waals surface area contributed by atoms with Crippen molar-refractivity contribution in [2.75, 3.05) is 32.6 Å². The van der Waals surface area contributed by atoms with Crippen molar-refractivity contribution < 1.29 is 9.53 Å². The second-order valence-corrected chi connectivity index (χ2v) is 8.25. The van der Waals surface area contributed by atoms with Gasteiger partial charge in [0.05, 0.1) is 22.0 Å². The Hall–Kier alpha value is -2.58. The second kappa shape index (κ2) is 12.3. The first-order valence-electron chi connectivity index (χ1n) is 10.7. The van der Waals surface area contributed by atoms with Crippen LogP contribution < -0.4 is 5.32 Å². The second-order valence-electron chi connectivity index (χ2n) is 7.00. The standard InChI is InChI=1S/C19H21N5OS.C2H6O.C2H6/c1-12-11-15-17(26-12)16(18(25)24-9-5-6-10-24)23-19(22-15)21-13(2)14-7-3-4-8-20-14;1-3-2;1-2/h3-4,7-8,11,13H,5-6,9-10H2,1-2H3,(H,21,22,23);1-2H3;1-2H3/t13-;;/m0../s1. The zero-order valence-corrected chi connectivity index (χ0v) is 20.1. The first-order valence-corrected chi connectivity index (χ1v) is 11.5. The van der Waals surface area contributed by atoms with Crippen LogP contribution in [0.15, 0.2) is 30.5 Å². The number of thiophene rings is 1. The molecule has 0 radical (unpaired) electrons. The maximum atomic E-state index is 13.0. The molecule has 4 rings (SSSR count). The number of methoxy groups -OCH3 is 1. The maximum Gasteiger partial charge on any atom is 0.274 e. The smallest absolute Gasteiger partial charge is 0.274 e. The molecule has 31 heavy (non-hydrogen) atoms. The van der Waals surface area contributed by atoms with Gasteiger partial charge in [-0.1, -0.05) is 19.9 Å². The van der Waals surface area contributed by atoms with E-state index in [9.17, 15) is 4.79 Å². The highest BCUT2D eigenvalue weighted by Crippen LogP contribution is 2.29. The van der Waals surface area contributed by atoms with Gasteiger partial charge in [0.25, 0.3) is 5.91 Å². The fourth-order valence-corrected chi connectivity index (χ4v) is 4.16. The van der Waals surface area contributed by atoms with E-state index in [1.165, 1.54) is 0 Å². The van der Waals surface area contributed by atoms with Gasteiger partial charge >= 0.3 is 0 Å². The number of pyridine rings is 1. The Balaban J connectivity index is 0.000000630. The lowest BCUT2D eigenvalue weighted by Gasteiger charge is -2.17. The molecule has 7 nitrogen and oxygen atoms in total. The van der Waals surface area contributed by atoms with Crippen LogP contribution in [0.4, 0.5) is 5.95 Å². The minimum atomic E-state index is -0.0527. The van der Waals surface area contributed by atoms with Crippen LogP contribution in [0, 0.1) is 6.92 Å². The van der Waals surface area contributed by atoms with Gasteiger partial charge in [-0.2, -0.15) is 0 Å². The molecule has 4 heterocycles. The number of aryl methyl sites for hydroxylation is 1. The summed E-state index contributed by atoms with van der Waals surface area (Å²) >= 11 is 1.58. The average Bonchev–Trinajstić information content (AvgIpc) is 3.44. The Labute approximate surface area is 188 Å². The number of ether oxygens (including phenoxy) is 1. The zero-order chi connectivity index (χ0) is 22.8. The Morgan fingerprint density at radius 1 is 1.19 bits per heavy atom. The van der Waals surface area contributed by atoms with Crippen LogP contribution in [0.1, 0.15) is 60.7 Å². The van der Waals surface area contributed by atoms with E-state index in [2.05, 4.69) is 25.0 Å². The lowest BCUT2D eigenvalue weighted by atomic mass is 10.2. The van der Waals surface area contributed by atoms with Crippen LogP contribution in [0.3, 0.4) is 0 Å². The molecule has 0 spiro atoms. The van der Waals surface area contributed by atoms with Crippen molar-refractivity contribution in [2.24, 2.45) is 0 Å². The highest BCUT2D eigenvalue weighted by molar-refractivity contribution is 7.19. The summed E-state index contributed by atoms with van der Waals surface area (Å²) in [5.74, 6) is 0.473. The first-order chi connectivity index (χ1) is 15.0. The highest BCUT2D eigenvalue weighted by atomic mass is 32.1. The van der Waals surface area contributed by atoms with E-state index in [-0.39, 0.29) is 11.9 Å². The van der Waals surface area contributed by atoms with Crippen LogP contribution >= 0.6 is 11.3 Å². The molecule has 0 bridgehead atoms. The molecule has 8 heteroatoms. The molecule has 168 valence electrons. The number of carbonyl (C=O) groups is 1. The molecule has 1 fully saturated rings. The van der Waals surface area contributed by atoms with Gasteiger partial charge in [-0.05, 0) is 44.9 Å². The molecule has 1 aliphatic rings. The molecular formula is C23H33N5O2S. The minimum Gasteiger partial charge on any atom is -0.388 e. The van der Waals surface area contributed by atoms with E-state index in [4.69, 9.17) is 0 Å². The number of anilines is 1. The summed E-state index contributed by atoms with van der Waals surface area (Å²) in [6.07, 6.45) is 3.89. The van der Waals surface area contributed by atoms with Gasteiger partial charge in [-0.15, -0.1) is 11.3 Å². The molecule has 1 saturated heterocycles. The van der Waals surface area contributed by atoms with Crippen molar-refractivity contribution >= 4 is 33.4 Å². The predicted octanol–water partition coefficient (Wildman–Crippen LogP) is 5.09. The Morgan fingerprint density at radius 2 is 1.87 bits per heavy atom. The van der Waals surface area contributed by atoms with Gasteiger partial charge in [-0.25, -0.2) is 9.97 Å². The number of likely N-dealkylation sites (tertiary alicyclic amines) is 1. The van der Waals surface area contributed by atoms with Gasteiger partial charge < -0.3 is 15.0 Å². The Kier molecular flexibility index (Phi) is 9.81. The summed E-state index contributed by atoms with van der Waals surface area (Å²) in [5, 5.41) is 3.29. The third-order valence-electron chi connectivity index (χ3n) is 4.57. The molecule has 0 unspecified atom stereocenters. The number of hydrogen-bond acceptors (Lipinski definition) is 7. The van der Waals surface area contributed by atoms with E-state index in [1.807, 2.05) is 56.9 Å². The summed E-state index contributed by atoms with van der Waals surface area (Å²) in [6.45, 7) is 9.65. The fraction of sp³-hybridized carbons (Fsp3) is 0.478. The fourth-order valence-electron chi connectivity index (χ4n) is 3.23. The first kappa shape index (κ1) is 24.7. The van der Waals surface area contributed by atoms with Gasteiger partial charge in [0, 0.05) is 38.4 Å². The van der Waals surface area contributed by atoms with Crippen LogP contribution in [0.2, 0.25) is 0 Å². The number of carbonyl (C=O) groups excluding carboxylic acids is 1. The summed E-state index contributed by atoms with van der Waals surface area (Å²) in [6, 6.07) is 7.76. The van der Waals surface area contributed by atoms with E-state index in [1.54, 1.807) is 31.8 Å². The molecule has 1 N–H and O–H groups in total.